The van der Waals surface area contributed by atoms with Gasteiger partial charge in [0.25, 0.3) is 0 Å². The van der Waals surface area contributed by atoms with Gasteiger partial charge in [0.05, 0.1) is 5.60 Å². The van der Waals surface area contributed by atoms with E-state index in [1.54, 1.807) is 0 Å². The molecule has 0 bridgehead atoms. The van der Waals surface area contributed by atoms with Crippen molar-refractivity contribution in [1.29, 1.82) is 0 Å². The maximum absolute atomic E-state index is 9.93. The second kappa shape index (κ2) is 3.42. The van der Waals surface area contributed by atoms with Gasteiger partial charge in [0, 0.05) is 25.2 Å². The summed E-state index contributed by atoms with van der Waals surface area (Å²) in [6.07, 6.45) is 5.10. The van der Waals surface area contributed by atoms with E-state index >= 15 is 0 Å². The van der Waals surface area contributed by atoms with Crippen LogP contribution in [0.1, 0.15) is 37.9 Å². The Morgan fingerprint density at radius 1 is 1.50 bits per heavy atom. The van der Waals surface area contributed by atoms with E-state index in [1.807, 2.05) is 19.2 Å². The zero-order valence-electron chi connectivity index (χ0n) is 9.56. The van der Waals surface area contributed by atoms with Crippen LogP contribution in [0.2, 0.25) is 0 Å². The fraction of sp³-hybridized carbons (Fsp3) is 0.667. The van der Waals surface area contributed by atoms with Gasteiger partial charge in [-0.15, -0.1) is 0 Å². The first kappa shape index (κ1) is 10.0. The van der Waals surface area contributed by atoms with Crippen molar-refractivity contribution in [3.63, 3.8) is 0 Å². The van der Waals surface area contributed by atoms with E-state index in [1.165, 1.54) is 12.8 Å². The Kier molecular flexibility index (Phi) is 2.14. The number of hydrogen-bond acceptors (Lipinski definition) is 4. The standard InChI is InChI=1S/C12H17N3O/c1-12(16)5-7-15(8-12)10-4-6-13-11(14-10)9-2-3-9/h4,6,9,16H,2-3,5,7-8H2,1H3. The lowest BCUT2D eigenvalue weighted by Gasteiger charge is -2.20. The van der Waals surface area contributed by atoms with Gasteiger partial charge in [0.1, 0.15) is 11.6 Å². The molecule has 1 unspecified atom stereocenters. The van der Waals surface area contributed by atoms with E-state index in [0.717, 1.165) is 24.6 Å². The molecular weight excluding hydrogens is 202 g/mol. The van der Waals surface area contributed by atoms with Crippen molar-refractivity contribution in [3.8, 4) is 0 Å². The van der Waals surface area contributed by atoms with Crippen LogP contribution in [-0.4, -0.2) is 33.8 Å². The number of anilines is 1. The number of nitrogens with zero attached hydrogens (tertiary/aromatic N) is 3. The Morgan fingerprint density at radius 3 is 2.94 bits per heavy atom. The van der Waals surface area contributed by atoms with Crippen molar-refractivity contribution in [3.05, 3.63) is 18.1 Å². The van der Waals surface area contributed by atoms with Gasteiger partial charge in [-0.3, -0.25) is 0 Å². The minimum Gasteiger partial charge on any atom is -0.388 e. The number of hydrogen-bond donors (Lipinski definition) is 1. The summed E-state index contributed by atoms with van der Waals surface area (Å²) in [5, 5.41) is 9.93. The topological polar surface area (TPSA) is 49.2 Å². The SMILES string of the molecule is CC1(O)CCN(c2ccnc(C3CC3)n2)C1. The normalized spacial score (nSPS) is 29.8. The first-order valence-corrected chi connectivity index (χ1v) is 5.94. The van der Waals surface area contributed by atoms with Crippen LogP contribution >= 0.6 is 0 Å². The van der Waals surface area contributed by atoms with Crippen LogP contribution in [0.25, 0.3) is 0 Å². The Bertz CT molecular complexity index is 401. The molecule has 1 aromatic rings. The number of aromatic nitrogens is 2. The zero-order valence-corrected chi connectivity index (χ0v) is 9.56. The molecule has 1 saturated carbocycles. The molecule has 2 heterocycles. The molecule has 1 saturated heterocycles. The fourth-order valence-corrected chi connectivity index (χ4v) is 2.22. The molecule has 0 spiro atoms. The highest BCUT2D eigenvalue weighted by molar-refractivity contribution is 5.40. The lowest BCUT2D eigenvalue weighted by molar-refractivity contribution is 0.0839. The molecule has 16 heavy (non-hydrogen) atoms. The first-order valence-electron chi connectivity index (χ1n) is 5.94. The first-order chi connectivity index (χ1) is 7.64. The van der Waals surface area contributed by atoms with Gasteiger partial charge in [-0.1, -0.05) is 0 Å². The highest BCUT2D eigenvalue weighted by Gasteiger charge is 2.33. The molecule has 1 aliphatic carbocycles. The average molecular weight is 219 g/mol. The van der Waals surface area contributed by atoms with Crippen LogP contribution in [0.4, 0.5) is 5.82 Å². The fourth-order valence-electron chi connectivity index (χ4n) is 2.22. The van der Waals surface area contributed by atoms with E-state index < -0.39 is 5.60 Å². The van der Waals surface area contributed by atoms with Gasteiger partial charge in [0.2, 0.25) is 0 Å². The Hall–Kier alpha value is -1.16. The smallest absolute Gasteiger partial charge is 0.133 e. The van der Waals surface area contributed by atoms with Gasteiger partial charge in [-0.2, -0.15) is 0 Å². The molecule has 1 aliphatic heterocycles. The summed E-state index contributed by atoms with van der Waals surface area (Å²) < 4.78 is 0. The zero-order chi connectivity index (χ0) is 11.2. The van der Waals surface area contributed by atoms with Crippen LogP contribution in [0.3, 0.4) is 0 Å². The molecule has 4 nitrogen and oxygen atoms in total. The molecule has 2 aliphatic rings. The van der Waals surface area contributed by atoms with Crippen LogP contribution < -0.4 is 4.90 Å². The van der Waals surface area contributed by atoms with E-state index in [0.29, 0.717) is 12.5 Å². The average Bonchev–Trinajstić information content (AvgIpc) is 3.04. The van der Waals surface area contributed by atoms with E-state index in [2.05, 4.69) is 14.9 Å². The summed E-state index contributed by atoms with van der Waals surface area (Å²) in [6, 6.07) is 1.94. The van der Waals surface area contributed by atoms with E-state index in [-0.39, 0.29) is 0 Å². The summed E-state index contributed by atoms with van der Waals surface area (Å²) in [4.78, 5) is 11.0. The molecular formula is C12H17N3O. The molecule has 1 atom stereocenters. The summed E-state index contributed by atoms with van der Waals surface area (Å²) >= 11 is 0. The molecule has 0 aromatic carbocycles. The lowest BCUT2D eigenvalue weighted by atomic mass is 10.1. The van der Waals surface area contributed by atoms with Crippen molar-refractivity contribution >= 4 is 5.82 Å². The minimum absolute atomic E-state index is 0.565. The maximum atomic E-state index is 9.93. The van der Waals surface area contributed by atoms with Crippen molar-refractivity contribution in [2.75, 3.05) is 18.0 Å². The van der Waals surface area contributed by atoms with Gasteiger partial charge < -0.3 is 10.0 Å². The predicted octanol–water partition coefficient (Wildman–Crippen LogP) is 1.32. The van der Waals surface area contributed by atoms with Crippen LogP contribution in [0.5, 0.6) is 0 Å². The van der Waals surface area contributed by atoms with Gasteiger partial charge in [0.15, 0.2) is 0 Å². The molecule has 86 valence electrons. The molecule has 1 aromatic heterocycles. The van der Waals surface area contributed by atoms with Gasteiger partial charge in [-0.05, 0) is 32.3 Å². The largest absolute Gasteiger partial charge is 0.388 e. The Labute approximate surface area is 95.3 Å². The summed E-state index contributed by atoms with van der Waals surface area (Å²) in [5.74, 6) is 2.53. The minimum atomic E-state index is -0.565. The Morgan fingerprint density at radius 2 is 2.31 bits per heavy atom. The molecule has 2 fully saturated rings. The molecule has 0 radical (unpaired) electrons. The second-order valence-corrected chi connectivity index (χ2v) is 5.22. The maximum Gasteiger partial charge on any atom is 0.133 e. The summed E-state index contributed by atoms with van der Waals surface area (Å²) in [5.41, 5.74) is -0.565. The number of aliphatic hydroxyl groups is 1. The van der Waals surface area contributed by atoms with Crippen LogP contribution in [0.15, 0.2) is 12.3 Å². The Balaban J connectivity index is 1.81. The third kappa shape index (κ3) is 1.89. The highest BCUT2D eigenvalue weighted by Crippen LogP contribution is 2.38. The summed E-state index contributed by atoms with van der Waals surface area (Å²) in [6.45, 7) is 3.44. The van der Waals surface area contributed by atoms with Crippen LogP contribution in [0, 0.1) is 0 Å². The quantitative estimate of drug-likeness (QED) is 0.815. The summed E-state index contributed by atoms with van der Waals surface area (Å²) in [7, 11) is 0. The molecule has 3 rings (SSSR count). The van der Waals surface area contributed by atoms with Gasteiger partial charge >= 0.3 is 0 Å². The lowest BCUT2D eigenvalue weighted by Crippen LogP contribution is -2.30. The molecule has 1 N–H and O–H groups in total. The predicted molar refractivity (Wildman–Crippen MR) is 61.5 cm³/mol. The van der Waals surface area contributed by atoms with Crippen molar-refractivity contribution in [1.82, 2.24) is 9.97 Å². The van der Waals surface area contributed by atoms with Crippen LogP contribution in [-0.2, 0) is 0 Å². The monoisotopic (exact) mass is 219 g/mol. The number of rotatable bonds is 2. The molecule has 0 amide bonds. The van der Waals surface area contributed by atoms with Gasteiger partial charge in [-0.25, -0.2) is 9.97 Å². The second-order valence-electron chi connectivity index (χ2n) is 5.22. The van der Waals surface area contributed by atoms with Crippen molar-refractivity contribution in [2.45, 2.75) is 37.7 Å². The molecule has 4 heteroatoms. The van der Waals surface area contributed by atoms with E-state index in [9.17, 15) is 5.11 Å². The highest BCUT2D eigenvalue weighted by atomic mass is 16.3. The van der Waals surface area contributed by atoms with E-state index in [4.69, 9.17) is 0 Å². The van der Waals surface area contributed by atoms with Crippen molar-refractivity contribution < 1.29 is 5.11 Å². The van der Waals surface area contributed by atoms with Crippen molar-refractivity contribution in [2.24, 2.45) is 0 Å². The third-order valence-corrected chi connectivity index (χ3v) is 3.38. The number of β-amino-alcohol motifs (C(OH)–C–C–N with tert-alkyl or cyclic N) is 1. The third-order valence-electron chi connectivity index (χ3n) is 3.38.